The van der Waals surface area contributed by atoms with Crippen molar-refractivity contribution in [2.45, 2.75) is 0 Å². The summed E-state index contributed by atoms with van der Waals surface area (Å²) in [6, 6.07) is 33.3. The monoisotopic (exact) mass is 802 g/mol. The molecule has 4 aliphatic rings. The molecule has 2 heterocycles. The minimum atomic E-state index is -1.04. The third-order valence-electron chi connectivity index (χ3n) is 9.10. The van der Waals surface area contributed by atoms with E-state index in [0.29, 0.717) is 73.0 Å². The maximum Gasteiger partial charge on any atom is 1.00 e. The first-order valence-electron chi connectivity index (χ1n) is 17.9. The van der Waals surface area contributed by atoms with Gasteiger partial charge in [0.25, 0.3) is 0 Å². The van der Waals surface area contributed by atoms with Gasteiger partial charge in [0.15, 0.2) is 17.5 Å². The van der Waals surface area contributed by atoms with Crippen molar-refractivity contribution in [3.05, 3.63) is 153 Å². The summed E-state index contributed by atoms with van der Waals surface area (Å²) in [5, 5.41) is 11.1. The molecule has 0 spiro atoms. The Morgan fingerprint density at radius 2 is 1.00 bits per heavy atom. The predicted octanol–water partition coefficient (Wildman–Crippen LogP) is 5.47. The van der Waals surface area contributed by atoms with Crippen molar-refractivity contribution in [3.8, 4) is 93.4 Å². The predicted molar refractivity (Wildman–Crippen MR) is 226 cm³/mol. The summed E-state index contributed by atoms with van der Waals surface area (Å²) in [5.41, 5.74) is 4.97. The van der Waals surface area contributed by atoms with E-state index >= 15 is 0 Å². The van der Waals surface area contributed by atoms with Crippen LogP contribution in [0.3, 0.4) is 0 Å². The van der Waals surface area contributed by atoms with Crippen LogP contribution in [-0.2, 0) is 4.74 Å². The number of carbonyl (C=O) groups excluding carboxylic acids is 1. The number of esters is 1. The molecule has 2 aliphatic carbocycles. The number of carbonyl (C=O) groups is 2. The summed E-state index contributed by atoms with van der Waals surface area (Å²) in [4.78, 5) is 48.3. The van der Waals surface area contributed by atoms with E-state index < -0.39 is 11.9 Å². The molecule has 294 valence electrons. The number of hydrogen-bond acceptors (Lipinski definition) is 10. The van der Waals surface area contributed by atoms with Crippen LogP contribution < -0.4 is 39.2 Å². The topological polar surface area (TPSA) is 172 Å². The van der Waals surface area contributed by atoms with Crippen LogP contribution in [0.4, 0.5) is 0 Å². The largest absolute Gasteiger partial charge is 1.00 e. The van der Waals surface area contributed by atoms with E-state index in [1.165, 1.54) is 24.3 Å². The van der Waals surface area contributed by atoms with Crippen molar-refractivity contribution in [1.82, 2.24) is 0 Å². The fraction of sp³-hybridized carbons (Fsp3) is 0.0612. The van der Waals surface area contributed by atoms with Gasteiger partial charge >= 0.3 is 30.8 Å². The van der Waals surface area contributed by atoms with Crippen LogP contribution in [0.25, 0.3) is 66.8 Å². The average molecular weight is 803 g/mol. The van der Waals surface area contributed by atoms with Gasteiger partial charge in [-0.3, -0.25) is 9.59 Å². The fourth-order valence-electron chi connectivity index (χ4n) is 6.66. The number of benzene rings is 6. The van der Waals surface area contributed by atoms with Crippen molar-refractivity contribution < 1.29 is 62.1 Å². The number of terminal acetylenes is 3. The summed E-state index contributed by atoms with van der Waals surface area (Å²) in [7, 11) is 0. The Morgan fingerprint density at radius 1 is 0.557 bits per heavy atom. The molecule has 0 fully saturated rings. The Kier molecular flexibility index (Phi) is 14.2. The summed E-state index contributed by atoms with van der Waals surface area (Å²) >= 11 is 0. The number of aromatic carboxylic acids is 1. The van der Waals surface area contributed by atoms with Gasteiger partial charge in [0.05, 0.1) is 11.1 Å². The van der Waals surface area contributed by atoms with Crippen LogP contribution in [0.1, 0.15) is 20.7 Å². The standard InChI is InChI=1S/C26H16O5.C23H14O5.Li.H2O/c1-3-13-29-18-10-12-22-24(16-18)31-23-15-17(27)9-11-21(23)25(22)19-7-5-6-8-20(19)26(28)30-14-4-2;1-2-11-27-15-8-10-19-21(13-15)28-20-12-14(24)7-9-18(20)22(19)16-5-3-4-6-17(16)23(25)26;;/h1-2,5-12,15-16H,13-14H2;1,3-10,12-13H,11H2,(H,25,26);;1H2/q;;+1;/p-1. The molecule has 0 aromatic heterocycles. The number of fused-ring (bicyclic) bond motifs is 4. The van der Waals surface area contributed by atoms with Crippen molar-refractivity contribution in [3.63, 3.8) is 0 Å². The second-order valence-electron chi connectivity index (χ2n) is 12.7. The van der Waals surface area contributed by atoms with Gasteiger partial charge < -0.3 is 33.6 Å². The van der Waals surface area contributed by atoms with Crippen LogP contribution >= 0.6 is 0 Å². The van der Waals surface area contributed by atoms with E-state index in [2.05, 4.69) is 17.8 Å². The summed E-state index contributed by atoms with van der Waals surface area (Å²) in [6.45, 7) is 0.0905. The SMILES string of the molecule is C#CCOC(=O)c1ccccc1-c1c2ccc(=O)cc-2oc2cc(OCC#C)ccc12.C#CCOc1ccc2c(-c3ccccc3C(=O)O)c3ccc(=O)cc-3oc2c1.[Li+].[OH-]. The first kappa shape index (κ1) is 44.1. The smallest absolute Gasteiger partial charge is 0.870 e. The van der Waals surface area contributed by atoms with Gasteiger partial charge in [-0.25, -0.2) is 9.59 Å². The molecular weight excluding hydrogens is 771 g/mol. The van der Waals surface area contributed by atoms with E-state index in [1.54, 1.807) is 78.9 Å². The molecular formula is C49H31LiO11. The van der Waals surface area contributed by atoms with Crippen molar-refractivity contribution >= 4 is 33.9 Å². The second kappa shape index (κ2) is 19.7. The quantitative estimate of drug-likeness (QED) is 0.0849. The molecule has 2 N–H and O–H groups in total. The first-order chi connectivity index (χ1) is 28.7. The Hall–Kier alpha value is -7.96. The van der Waals surface area contributed by atoms with Crippen LogP contribution in [0.15, 0.2) is 140 Å². The molecule has 12 heteroatoms. The van der Waals surface area contributed by atoms with Crippen LogP contribution in [0, 0.1) is 37.0 Å². The normalized spacial score (nSPS) is 10.2. The van der Waals surface area contributed by atoms with Crippen LogP contribution in [0.5, 0.6) is 11.5 Å². The average Bonchev–Trinajstić information content (AvgIpc) is 3.25. The number of carboxylic acids is 1. The number of hydrogen-bond donors (Lipinski definition) is 1. The van der Waals surface area contributed by atoms with Crippen molar-refractivity contribution in [2.24, 2.45) is 0 Å². The fourth-order valence-corrected chi connectivity index (χ4v) is 6.66. The van der Waals surface area contributed by atoms with E-state index in [1.807, 2.05) is 18.2 Å². The molecule has 0 unspecified atom stereocenters. The molecule has 0 saturated heterocycles. The van der Waals surface area contributed by atoms with E-state index in [-0.39, 0.29) is 60.6 Å². The zero-order chi connectivity index (χ0) is 41.5. The number of ether oxygens (including phenoxy) is 3. The van der Waals surface area contributed by atoms with Crippen molar-refractivity contribution in [1.29, 1.82) is 0 Å². The molecule has 0 radical (unpaired) electrons. The molecule has 8 rings (SSSR count). The maximum atomic E-state index is 12.7. The molecule has 0 saturated carbocycles. The van der Waals surface area contributed by atoms with Gasteiger partial charge in [0.2, 0.25) is 0 Å². The zero-order valence-electron chi connectivity index (χ0n) is 32.5. The van der Waals surface area contributed by atoms with Gasteiger partial charge in [0.1, 0.15) is 47.4 Å². The summed E-state index contributed by atoms with van der Waals surface area (Å²) < 4.78 is 28.0. The van der Waals surface area contributed by atoms with Crippen molar-refractivity contribution in [2.75, 3.05) is 19.8 Å². The summed E-state index contributed by atoms with van der Waals surface area (Å²) in [5.74, 6) is 7.33. The zero-order valence-corrected chi connectivity index (χ0v) is 32.5. The Labute approximate surface area is 360 Å². The minimum absolute atomic E-state index is 0. The molecule has 0 amide bonds. The molecule has 61 heavy (non-hydrogen) atoms. The summed E-state index contributed by atoms with van der Waals surface area (Å²) in [6.07, 6.45) is 15.7. The molecule has 4 aromatic carbocycles. The van der Waals surface area contributed by atoms with E-state index in [9.17, 15) is 24.3 Å². The number of carboxylic acid groups (broad SMARTS) is 1. The Balaban J connectivity index is 0.000000225. The first-order valence-corrected chi connectivity index (χ1v) is 17.9. The number of rotatable bonds is 9. The molecule has 0 bridgehead atoms. The van der Waals surface area contributed by atoms with Gasteiger partial charge in [-0.05, 0) is 71.8 Å². The van der Waals surface area contributed by atoms with Gasteiger partial charge in [0, 0.05) is 57.3 Å². The van der Waals surface area contributed by atoms with Gasteiger partial charge in [-0.1, -0.05) is 54.2 Å². The molecule has 0 atom stereocenters. The minimum Gasteiger partial charge on any atom is -0.870 e. The van der Waals surface area contributed by atoms with Gasteiger partial charge in [-0.2, -0.15) is 0 Å². The second-order valence-corrected chi connectivity index (χ2v) is 12.7. The van der Waals surface area contributed by atoms with Crippen LogP contribution in [0.2, 0.25) is 0 Å². The van der Waals surface area contributed by atoms with E-state index in [0.717, 1.165) is 10.9 Å². The third kappa shape index (κ3) is 9.35. The third-order valence-corrected chi connectivity index (χ3v) is 9.10. The Morgan fingerprint density at radius 3 is 1.46 bits per heavy atom. The molecule has 4 aromatic rings. The van der Waals surface area contributed by atoms with Crippen LogP contribution in [-0.4, -0.2) is 42.3 Å². The Bertz CT molecular complexity index is 3100. The van der Waals surface area contributed by atoms with E-state index in [4.69, 9.17) is 42.3 Å². The molecule has 11 nitrogen and oxygen atoms in total. The van der Waals surface area contributed by atoms with Gasteiger partial charge in [-0.15, -0.1) is 19.3 Å². The maximum absolute atomic E-state index is 12.7. The molecule has 2 aliphatic heterocycles.